The molecule has 1 saturated carbocycles. The summed E-state index contributed by atoms with van der Waals surface area (Å²) in [6.45, 7) is 4.98. The molecule has 2 saturated heterocycles. The Morgan fingerprint density at radius 2 is 1.48 bits per heavy atom. The minimum Gasteiger partial charge on any atom is -0.504 e. The van der Waals surface area contributed by atoms with Gasteiger partial charge in [0, 0.05) is 11.5 Å². The molecule has 6 rings (SSSR count). The van der Waals surface area contributed by atoms with Crippen LogP contribution in [0.2, 0.25) is 0 Å². The highest BCUT2D eigenvalue weighted by Crippen LogP contribution is 2.66. The number of rotatable bonds is 3. The molecule has 0 bridgehead atoms. The number of carbonyl (C=O) groups excluding carboxylic acids is 4. The summed E-state index contributed by atoms with van der Waals surface area (Å²) in [5.41, 5.74) is -2.47. The van der Waals surface area contributed by atoms with E-state index in [1.54, 1.807) is 26.8 Å². The number of likely N-dealkylation sites (tertiary alicyclic amines) is 1. The molecular weight excluding hydrogens is 662 g/mol. The van der Waals surface area contributed by atoms with E-state index < -0.39 is 110 Å². The Morgan fingerprint density at radius 3 is 2.02 bits per heavy atom. The van der Waals surface area contributed by atoms with Crippen LogP contribution in [0.3, 0.4) is 0 Å². The number of phenols is 1. The van der Waals surface area contributed by atoms with Crippen LogP contribution >= 0.6 is 23.2 Å². The summed E-state index contributed by atoms with van der Waals surface area (Å²) in [7, 11) is 1.27. The van der Waals surface area contributed by atoms with Gasteiger partial charge in [-0.05, 0) is 57.2 Å². The Kier molecular flexibility index (Phi) is 7.11. The van der Waals surface area contributed by atoms with E-state index >= 15 is 8.78 Å². The maximum Gasteiger partial charge on any atom is 0.258 e. The van der Waals surface area contributed by atoms with Gasteiger partial charge in [0.25, 0.3) is 11.8 Å². The van der Waals surface area contributed by atoms with E-state index in [1.165, 1.54) is 19.2 Å². The second kappa shape index (κ2) is 10.1. The van der Waals surface area contributed by atoms with E-state index in [2.05, 4.69) is 0 Å². The van der Waals surface area contributed by atoms with E-state index in [9.17, 15) is 37.5 Å². The summed E-state index contributed by atoms with van der Waals surface area (Å²) >= 11 is 14.1. The monoisotopic (exact) mass is 686 g/mol. The molecule has 4 amide bonds. The van der Waals surface area contributed by atoms with Gasteiger partial charge in [0.15, 0.2) is 44.5 Å². The van der Waals surface area contributed by atoms with Crippen molar-refractivity contribution in [1.82, 2.24) is 4.90 Å². The van der Waals surface area contributed by atoms with Crippen LogP contribution in [0.25, 0.3) is 0 Å². The zero-order chi connectivity index (χ0) is 34.0. The molecule has 6 atom stereocenters. The van der Waals surface area contributed by atoms with Crippen molar-refractivity contribution in [2.45, 2.75) is 54.8 Å². The van der Waals surface area contributed by atoms with E-state index in [0.717, 1.165) is 11.0 Å². The van der Waals surface area contributed by atoms with Gasteiger partial charge in [-0.3, -0.25) is 24.1 Å². The first-order chi connectivity index (χ1) is 21.3. The number of allylic oxidation sites excluding steroid dienone is 2. The number of aromatic hydroxyl groups is 1. The number of methoxy groups -OCH3 is 1. The van der Waals surface area contributed by atoms with Gasteiger partial charge in [-0.15, -0.1) is 23.2 Å². The minimum absolute atomic E-state index is 0.00352. The number of hydrogen-bond acceptors (Lipinski definition) is 6. The maximum absolute atomic E-state index is 15.1. The Morgan fingerprint density at radius 1 is 0.891 bits per heavy atom. The summed E-state index contributed by atoms with van der Waals surface area (Å²) in [6.07, 6.45) is 0.976. The fourth-order valence-electron chi connectivity index (χ4n) is 7.49. The summed E-state index contributed by atoms with van der Waals surface area (Å²) in [5, 5.41) is 10.7. The molecule has 8 nitrogen and oxygen atoms in total. The van der Waals surface area contributed by atoms with Gasteiger partial charge in [0.2, 0.25) is 17.6 Å². The highest BCUT2D eigenvalue weighted by atomic mass is 35.5. The average molecular weight is 687 g/mol. The first-order valence-corrected chi connectivity index (χ1v) is 14.8. The third kappa shape index (κ3) is 3.90. The average Bonchev–Trinajstić information content (AvgIpc) is 3.34. The van der Waals surface area contributed by atoms with Gasteiger partial charge in [-0.2, -0.15) is 0 Å². The van der Waals surface area contributed by atoms with Crippen LogP contribution in [0.15, 0.2) is 29.8 Å². The second-order valence-corrected chi connectivity index (χ2v) is 14.0. The number of ether oxygens (including phenoxy) is 1. The van der Waals surface area contributed by atoms with Crippen LogP contribution in [0.5, 0.6) is 11.5 Å². The second-order valence-electron chi connectivity index (χ2n) is 12.8. The molecule has 46 heavy (non-hydrogen) atoms. The summed E-state index contributed by atoms with van der Waals surface area (Å²) in [6, 6.07) is 3.84. The molecule has 0 aromatic heterocycles. The lowest BCUT2D eigenvalue weighted by atomic mass is 9.56. The van der Waals surface area contributed by atoms with Crippen molar-refractivity contribution >= 4 is 52.5 Å². The molecule has 2 aromatic carbocycles. The smallest absolute Gasteiger partial charge is 0.258 e. The third-order valence-electron chi connectivity index (χ3n) is 9.43. The summed E-state index contributed by atoms with van der Waals surface area (Å²) in [5.74, 6) is -21.5. The van der Waals surface area contributed by atoms with Crippen molar-refractivity contribution in [3.05, 3.63) is 64.5 Å². The van der Waals surface area contributed by atoms with Gasteiger partial charge in [0.05, 0.1) is 18.9 Å². The number of alkyl halides is 2. The van der Waals surface area contributed by atoms with Crippen molar-refractivity contribution in [3.8, 4) is 11.5 Å². The van der Waals surface area contributed by atoms with Crippen LogP contribution in [0.4, 0.5) is 27.6 Å². The van der Waals surface area contributed by atoms with E-state index in [1.807, 2.05) is 0 Å². The predicted molar refractivity (Wildman–Crippen MR) is 153 cm³/mol. The van der Waals surface area contributed by atoms with Gasteiger partial charge in [-0.1, -0.05) is 17.7 Å². The molecule has 2 aliphatic carbocycles. The van der Waals surface area contributed by atoms with Crippen molar-refractivity contribution < 1.29 is 51.0 Å². The van der Waals surface area contributed by atoms with Crippen LogP contribution < -0.4 is 9.64 Å². The first-order valence-electron chi connectivity index (χ1n) is 14.1. The number of carbonyl (C=O) groups is 4. The van der Waals surface area contributed by atoms with Crippen LogP contribution in [0, 0.1) is 46.8 Å². The molecule has 4 aliphatic rings. The molecule has 1 N–H and O–H groups in total. The van der Waals surface area contributed by atoms with E-state index in [0.29, 0.717) is 0 Å². The van der Waals surface area contributed by atoms with Gasteiger partial charge < -0.3 is 9.84 Å². The highest BCUT2D eigenvalue weighted by molar-refractivity contribution is 6.58. The molecule has 0 unspecified atom stereocenters. The van der Waals surface area contributed by atoms with Crippen LogP contribution in [-0.4, -0.2) is 56.0 Å². The number of nitrogens with zero attached hydrogens (tertiary/aromatic N) is 2. The summed E-state index contributed by atoms with van der Waals surface area (Å²) in [4.78, 5) is 51.3. The number of benzene rings is 2. The number of anilines is 1. The third-order valence-corrected chi connectivity index (χ3v) is 10.8. The van der Waals surface area contributed by atoms with Crippen molar-refractivity contribution in [2.24, 2.45) is 17.8 Å². The Balaban J connectivity index is 1.60. The normalized spacial score (nSPS) is 30.8. The van der Waals surface area contributed by atoms with Crippen LogP contribution in [-0.2, 0) is 19.2 Å². The van der Waals surface area contributed by atoms with E-state index in [4.69, 9.17) is 27.9 Å². The molecular formula is C31H25Cl2F5N2O6. The molecule has 2 heterocycles. The Hall–Kier alpha value is -3.71. The number of halogens is 7. The lowest BCUT2D eigenvalue weighted by Crippen LogP contribution is -2.60. The maximum atomic E-state index is 15.1. The molecule has 15 heteroatoms. The van der Waals surface area contributed by atoms with Gasteiger partial charge in [-0.25, -0.2) is 26.9 Å². The Labute approximate surface area is 268 Å². The predicted octanol–water partition coefficient (Wildman–Crippen LogP) is 5.46. The lowest BCUT2D eigenvalue weighted by Gasteiger charge is -2.50. The molecule has 244 valence electrons. The minimum atomic E-state index is -2.68. The van der Waals surface area contributed by atoms with Gasteiger partial charge in [0.1, 0.15) is 5.69 Å². The number of hydrogen-bond donors (Lipinski definition) is 1. The number of fused-ring (bicyclic) bond motifs is 4. The highest BCUT2D eigenvalue weighted by Gasteiger charge is 2.77. The quantitative estimate of drug-likeness (QED) is 0.115. The Bertz CT molecular complexity index is 1780. The topological polar surface area (TPSA) is 104 Å². The number of amides is 4. The molecule has 3 fully saturated rings. The SMILES string of the molecule is COc1ccc([C@H]2C3=CC[C@@H]4C(=O)N(C(C)(C)C)C(=O)[C@@H]4[C@@H]3C[C@@]3(Cl)C(=O)N(c4c(F)c(F)c(F)c(F)c4F)C(=O)[C@@]23Cl)cc1O. The molecule has 0 spiro atoms. The van der Waals surface area contributed by atoms with Gasteiger partial charge >= 0.3 is 0 Å². The standard InChI is InChI=1S/C31H25Cl2F5N2O6/c1-29(2,3)40-25(42)13-7-6-12-14(17(13)26(40)43)10-30(32)27(44)39(24-22(37)20(35)19(34)21(36)23(24)38)28(45)31(30,33)18(12)11-5-8-16(46-4)15(41)9-11/h5-6,8-9,13-14,17-18,41H,7,10H2,1-4H3/t13-,14+,17-,18-,30+,31-/m0/s1. The largest absolute Gasteiger partial charge is 0.504 e. The number of phenolic OH excluding ortho intramolecular Hbond substituents is 1. The molecule has 2 aromatic rings. The van der Waals surface area contributed by atoms with Crippen molar-refractivity contribution in [3.63, 3.8) is 0 Å². The zero-order valence-electron chi connectivity index (χ0n) is 24.6. The fourth-order valence-corrected chi connectivity index (χ4v) is 8.42. The zero-order valence-corrected chi connectivity index (χ0v) is 26.1. The summed E-state index contributed by atoms with van der Waals surface area (Å²) < 4.78 is 77.9. The first kappa shape index (κ1) is 32.2. The fraction of sp³-hybridized carbons (Fsp3) is 0.419. The lowest BCUT2D eigenvalue weighted by molar-refractivity contribution is -0.145. The van der Waals surface area contributed by atoms with Crippen LogP contribution in [0.1, 0.15) is 45.1 Å². The number of imide groups is 2. The molecule has 2 aliphatic heterocycles. The van der Waals surface area contributed by atoms with Crippen molar-refractivity contribution in [1.29, 1.82) is 0 Å². The van der Waals surface area contributed by atoms with E-state index in [-0.39, 0.29) is 28.2 Å². The van der Waals surface area contributed by atoms with Crippen molar-refractivity contribution in [2.75, 3.05) is 12.0 Å². The molecule has 0 radical (unpaired) electrons.